The third kappa shape index (κ3) is 3.19. The van der Waals surface area contributed by atoms with E-state index in [4.69, 9.17) is 28.9 Å². The van der Waals surface area contributed by atoms with E-state index in [1.165, 1.54) is 0 Å². The van der Waals surface area contributed by atoms with Crippen molar-refractivity contribution in [1.29, 1.82) is 0 Å². The number of carbonyl (C=O) groups excluding carboxylic acids is 1. The molecule has 1 aromatic carbocycles. The molecule has 4 nitrogen and oxygen atoms in total. The second kappa shape index (κ2) is 6.20. The van der Waals surface area contributed by atoms with E-state index < -0.39 is 0 Å². The molecule has 0 aromatic heterocycles. The number of halogens is 2. The van der Waals surface area contributed by atoms with Crippen LogP contribution in [-0.2, 0) is 0 Å². The van der Waals surface area contributed by atoms with Gasteiger partial charge in [0, 0.05) is 25.3 Å². The fraction of sp³-hybridized carbons (Fsp3) is 0.500. The molecule has 6 heteroatoms. The molecule has 1 atom stereocenters. The van der Waals surface area contributed by atoms with Crippen LogP contribution in [0.25, 0.3) is 0 Å². The molecule has 110 valence electrons. The first-order valence-electron chi connectivity index (χ1n) is 6.60. The summed E-state index contributed by atoms with van der Waals surface area (Å²) < 4.78 is 0. The Kier molecular flexibility index (Phi) is 4.78. The van der Waals surface area contributed by atoms with E-state index in [-0.39, 0.29) is 17.0 Å². The molecule has 0 saturated carbocycles. The number of amides is 1. The van der Waals surface area contributed by atoms with E-state index in [1.807, 2.05) is 0 Å². The number of likely N-dealkylation sites (N-methyl/N-ethyl adjacent to an activating group) is 2. The quantitative estimate of drug-likeness (QED) is 0.854. The minimum atomic E-state index is -0.135. The first kappa shape index (κ1) is 15.4. The molecule has 1 fully saturated rings. The van der Waals surface area contributed by atoms with E-state index >= 15 is 0 Å². The van der Waals surface area contributed by atoms with E-state index in [0.717, 1.165) is 25.9 Å². The predicted molar refractivity (Wildman–Crippen MR) is 83.5 cm³/mol. The first-order chi connectivity index (χ1) is 9.40. The van der Waals surface area contributed by atoms with Crippen LogP contribution in [0.2, 0.25) is 10.0 Å². The number of nitrogens with two attached hydrogens (primary N) is 1. The SMILES string of the molecule is CN1CCCC(N(C)C(=O)c2cc(N)cc(Cl)c2Cl)C1. The lowest BCUT2D eigenvalue weighted by atomic mass is 10.0. The summed E-state index contributed by atoms with van der Waals surface area (Å²) in [6.45, 7) is 1.94. The zero-order chi connectivity index (χ0) is 14.9. The van der Waals surface area contributed by atoms with E-state index in [0.29, 0.717) is 16.3 Å². The number of likely N-dealkylation sites (tertiary alicyclic amines) is 1. The summed E-state index contributed by atoms with van der Waals surface area (Å²) in [6.07, 6.45) is 2.09. The summed E-state index contributed by atoms with van der Waals surface area (Å²) in [6, 6.07) is 3.33. The Balaban J connectivity index is 2.22. The molecule has 1 heterocycles. The summed E-state index contributed by atoms with van der Waals surface area (Å²) in [5.74, 6) is -0.135. The molecule has 0 spiro atoms. The van der Waals surface area contributed by atoms with Crippen LogP contribution in [0.1, 0.15) is 23.2 Å². The third-order valence-electron chi connectivity index (χ3n) is 3.75. The highest BCUT2D eigenvalue weighted by molar-refractivity contribution is 6.44. The zero-order valence-corrected chi connectivity index (χ0v) is 13.2. The topological polar surface area (TPSA) is 49.6 Å². The minimum absolute atomic E-state index is 0.135. The highest BCUT2D eigenvalue weighted by Gasteiger charge is 2.26. The van der Waals surface area contributed by atoms with Crippen LogP contribution in [-0.4, -0.2) is 48.9 Å². The van der Waals surface area contributed by atoms with Gasteiger partial charge in [0.05, 0.1) is 15.6 Å². The number of piperidine rings is 1. The van der Waals surface area contributed by atoms with Crippen LogP contribution >= 0.6 is 23.2 Å². The van der Waals surface area contributed by atoms with Gasteiger partial charge in [0.25, 0.3) is 5.91 Å². The predicted octanol–water partition coefficient (Wildman–Crippen LogP) is 2.74. The standard InChI is InChI=1S/C14H19Cl2N3O/c1-18-5-3-4-10(8-18)19(2)14(20)11-6-9(17)7-12(15)13(11)16/h6-7,10H,3-5,8,17H2,1-2H3. The second-order valence-electron chi connectivity index (χ2n) is 5.34. The van der Waals surface area contributed by atoms with Gasteiger partial charge in [-0.3, -0.25) is 4.79 Å². The van der Waals surface area contributed by atoms with E-state index in [1.54, 1.807) is 24.1 Å². The number of anilines is 1. The number of benzene rings is 1. The third-order valence-corrected chi connectivity index (χ3v) is 4.55. The summed E-state index contributed by atoms with van der Waals surface area (Å²) in [5, 5.41) is 0.575. The number of nitrogen functional groups attached to an aromatic ring is 1. The first-order valence-corrected chi connectivity index (χ1v) is 7.36. The molecule has 1 aliphatic rings. The van der Waals surface area contributed by atoms with Crippen molar-refractivity contribution in [2.75, 3.05) is 32.9 Å². The molecule has 1 aromatic rings. The molecular formula is C14H19Cl2N3O. The Labute approximate surface area is 129 Å². The number of carbonyl (C=O) groups is 1. The van der Waals surface area contributed by atoms with E-state index in [2.05, 4.69) is 11.9 Å². The van der Waals surface area contributed by atoms with E-state index in [9.17, 15) is 4.79 Å². The maximum atomic E-state index is 12.6. The summed E-state index contributed by atoms with van der Waals surface area (Å²) in [4.78, 5) is 16.6. The molecule has 0 aliphatic carbocycles. The van der Waals surface area contributed by atoms with Crippen molar-refractivity contribution in [2.24, 2.45) is 0 Å². The molecule has 0 bridgehead atoms. The average molecular weight is 316 g/mol. The van der Waals surface area contributed by atoms with Crippen molar-refractivity contribution < 1.29 is 4.79 Å². The highest BCUT2D eigenvalue weighted by Crippen LogP contribution is 2.30. The molecule has 0 radical (unpaired) electrons. The van der Waals surface area contributed by atoms with Gasteiger partial charge in [-0.05, 0) is 38.6 Å². The van der Waals surface area contributed by atoms with Crippen LogP contribution < -0.4 is 5.73 Å². The van der Waals surface area contributed by atoms with Crippen molar-refractivity contribution in [3.05, 3.63) is 27.7 Å². The summed E-state index contributed by atoms with van der Waals surface area (Å²) >= 11 is 12.1. The Morgan fingerprint density at radius 3 is 2.80 bits per heavy atom. The molecule has 20 heavy (non-hydrogen) atoms. The van der Waals surface area contributed by atoms with Crippen molar-refractivity contribution >= 4 is 34.8 Å². The van der Waals surface area contributed by atoms with Gasteiger partial charge in [-0.1, -0.05) is 23.2 Å². The number of nitrogens with zero attached hydrogens (tertiary/aromatic N) is 2. The van der Waals surface area contributed by atoms with Gasteiger partial charge < -0.3 is 15.5 Å². The van der Waals surface area contributed by atoms with Crippen LogP contribution in [0.15, 0.2) is 12.1 Å². The van der Waals surface area contributed by atoms with Gasteiger partial charge in [-0.15, -0.1) is 0 Å². The van der Waals surface area contributed by atoms with Crippen LogP contribution in [0, 0.1) is 0 Å². The molecule has 1 saturated heterocycles. The largest absolute Gasteiger partial charge is 0.399 e. The minimum Gasteiger partial charge on any atom is -0.399 e. The van der Waals surface area contributed by atoms with Gasteiger partial charge in [-0.25, -0.2) is 0 Å². The molecule has 1 aliphatic heterocycles. The lowest BCUT2D eigenvalue weighted by molar-refractivity contribution is 0.0644. The van der Waals surface area contributed by atoms with Gasteiger partial charge in [0.2, 0.25) is 0 Å². The van der Waals surface area contributed by atoms with Crippen molar-refractivity contribution in [3.8, 4) is 0 Å². The molecular weight excluding hydrogens is 297 g/mol. The lowest BCUT2D eigenvalue weighted by Gasteiger charge is -2.36. The zero-order valence-electron chi connectivity index (χ0n) is 11.7. The summed E-state index contributed by atoms with van der Waals surface area (Å²) in [7, 11) is 3.87. The fourth-order valence-corrected chi connectivity index (χ4v) is 2.99. The van der Waals surface area contributed by atoms with Gasteiger partial charge in [0.1, 0.15) is 0 Å². The van der Waals surface area contributed by atoms with Crippen LogP contribution in [0.5, 0.6) is 0 Å². The lowest BCUT2D eigenvalue weighted by Crippen LogP contribution is -2.47. The smallest absolute Gasteiger partial charge is 0.255 e. The van der Waals surface area contributed by atoms with Gasteiger partial charge in [0.15, 0.2) is 0 Å². The number of hydrogen-bond donors (Lipinski definition) is 1. The maximum absolute atomic E-state index is 12.6. The fourth-order valence-electron chi connectivity index (χ4n) is 2.58. The molecule has 2 N–H and O–H groups in total. The average Bonchev–Trinajstić information content (AvgIpc) is 2.41. The van der Waals surface area contributed by atoms with Crippen molar-refractivity contribution in [3.63, 3.8) is 0 Å². The van der Waals surface area contributed by atoms with Gasteiger partial charge in [-0.2, -0.15) is 0 Å². The maximum Gasteiger partial charge on any atom is 0.255 e. The number of rotatable bonds is 2. The molecule has 1 amide bonds. The van der Waals surface area contributed by atoms with Gasteiger partial charge >= 0.3 is 0 Å². The monoisotopic (exact) mass is 315 g/mol. The Morgan fingerprint density at radius 1 is 1.45 bits per heavy atom. The van der Waals surface area contributed by atoms with Crippen LogP contribution in [0.3, 0.4) is 0 Å². The Morgan fingerprint density at radius 2 is 2.15 bits per heavy atom. The number of hydrogen-bond acceptors (Lipinski definition) is 3. The second-order valence-corrected chi connectivity index (χ2v) is 6.12. The van der Waals surface area contributed by atoms with Crippen molar-refractivity contribution in [2.45, 2.75) is 18.9 Å². The summed E-state index contributed by atoms with van der Waals surface area (Å²) in [5.41, 5.74) is 6.55. The van der Waals surface area contributed by atoms with Crippen LogP contribution in [0.4, 0.5) is 5.69 Å². The normalized spacial score (nSPS) is 19.9. The molecule has 1 unspecified atom stereocenters. The van der Waals surface area contributed by atoms with Crippen molar-refractivity contribution in [1.82, 2.24) is 9.80 Å². The molecule has 2 rings (SSSR count). The Bertz CT molecular complexity index is 521. The highest BCUT2D eigenvalue weighted by atomic mass is 35.5. The Hall–Kier alpha value is -0.970.